The number of benzene rings is 1. The van der Waals surface area contributed by atoms with E-state index in [-0.39, 0.29) is 5.91 Å². The van der Waals surface area contributed by atoms with Crippen LogP contribution in [0.2, 0.25) is 0 Å². The Morgan fingerprint density at radius 1 is 1.44 bits per heavy atom. The lowest BCUT2D eigenvalue weighted by Gasteiger charge is -2.19. The molecule has 1 fully saturated rings. The van der Waals surface area contributed by atoms with Crippen molar-refractivity contribution < 1.29 is 4.79 Å². The minimum absolute atomic E-state index is 0.0309. The number of carbonyl (C=O) groups excluding carboxylic acids is 1. The van der Waals surface area contributed by atoms with Crippen LogP contribution in [0.5, 0.6) is 0 Å². The van der Waals surface area contributed by atoms with Gasteiger partial charge in [0.25, 0.3) is 5.91 Å². The van der Waals surface area contributed by atoms with Crippen LogP contribution in [0.4, 0.5) is 0 Å². The molecule has 0 aromatic heterocycles. The molecular formula is C14H17Br2NO. The van der Waals surface area contributed by atoms with Gasteiger partial charge in [0.1, 0.15) is 0 Å². The Balaban J connectivity index is 2.09. The molecule has 0 spiro atoms. The molecule has 0 bridgehead atoms. The predicted octanol–water partition coefficient (Wildman–Crippen LogP) is 4.05. The highest BCUT2D eigenvalue weighted by molar-refractivity contribution is 9.10. The second-order valence-electron chi connectivity index (χ2n) is 4.91. The maximum Gasteiger partial charge on any atom is 0.252 e. The zero-order valence-corrected chi connectivity index (χ0v) is 13.6. The van der Waals surface area contributed by atoms with Crippen molar-refractivity contribution in [2.75, 3.05) is 5.33 Å². The number of hydrogen-bond acceptors (Lipinski definition) is 1. The molecule has 98 valence electrons. The van der Waals surface area contributed by atoms with E-state index in [0.29, 0.717) is 12.0 Å². The van der Waals surface area contributed by atoms with Gasteiger partial charge in [0.15, 0.2) is 0 Å². The fourth-order valence-corrected chi connectivity index (χ4v) is 3.67. The van der Waals surface area contributed by atoms with Crippen LogP contribution in [0.1, 0.15) is 35.2 Å². The molecule has 2 rings (SSSR count). The summed E-state index contributed by atoms with van der Waals surface area (Å²) in [6.07, 6.45) is 3.49. The topological polar surface area (TPSA) is 29.1 Å². The fourth-order valence-electron chi connectivity index (χ4n) is 2.47. The molecule has 1 aromatic carbocycles. The third kappa shape index (κ3) is 3.15. The van der Waals surface area contributed by atoms with E-state index in [2.05, 4.69) is 37.2 Å². The van der Waals surface area contributed by atoms with Crippen LogP contribution in [0.3, 0.4) is 0 Å². The van der Waals surface area contributed by atoms with Crippen molar-refractivity contribution in [2.24, 2.45) is 5.92 Å². The highest BCUT2D eigenvalue weighted by Crippen LogP contribution is 2.28. The van der Waals surface area contributed by atoms with Crippen molar-refractivity contribution in [2.45, 2.75) is 32.2 Å². The Labute approximate surface area is 125 Å². The molecule has 1 aromatic rings. The first-order chi connectivity index (χ1) is 8.61. The van der Waals surface area contributed by atoms with Gasteiger partial charge in [-0.25, -0.2) is 0 Å². The molecule has 2 atom stereocenters. The van der Waals surface area contributed by atoms with Gasteiger partial charge >= 0.3 is 0 Å². The van der Waals surface area contributed by atoms with E-state index in [4.69, 9.17) is 0 Å². The maximum atomic E-state index is 12.3. The van der Waals surface area contributed by atoms with Crippen molar-refractivity contribution in [3.63, 3.8) is 0 Å². The van der Waals surface area contributed by atoms with Crippen LogP contribution in [-0.4, -0.2) is 17.3 Å². The zero-order valence-electron chi connectivity index (χ0n) is 10.4. The van der Waals surface area contributed by atoms with E-state index in [0.717, 1.165) is 27.4 Å². The molecule has 1 amide bonds. The zero-order chi connectivity index (χ0) is 13.1. The summed E-state index contributed by atoms with van der Waals surface area (Å²) in [5, 5.41) is 4.13. The molecule has 0 saturated heterocycles. The second-order valence-corrected chi connectivity index (χ2v) is 6.41. The first-order valence-corrected chi connectivity index (χ1v) is 8.16. The highest BCUT2D eigenvalue weighted by atomic mass is 79.9. The Hall–Kier alpha value is -0.350. The number of nitrogens with one attached hydrogen (secondary N) is 1. The Kier molecular flexibility index (Phi) is 4.84. The third-order valence-electron chi connectivity index (χ3n) is 3.54. The van der Waals surface area contributed by atoms with Gasteiger partial charge in [-0.1, -0.05) is 34.0 Å². The average Bonchev–Trinajstić information content (AvgIpc) is 2.79. The maximum absolute atomic E-state index is 12.3. The molecular weight excluding hydrogens is 358 g/mol. The summed E-state index contributed by atoms with van der Waals surface area (Å²) in [5.41, 5.74) is 1.84. The van der Waals surface area contributed by atoms with Crippen LogP contribution in [0.25, 0.3) is 0 Å². The Morgan fingerprint density at radius 3 is 2.94 bits per heavy atom. The molecule has 1 N–H and O–H groups in total. The van der Waals surface area contributed by atoms with Crippen LogP contribution < -0.4 is 5.32 Å². The standard InChI is InChI=1S/C14H17Br2NO/c1-9-5-6-12(16)11(7-9)14(18)17-13-4-2-3-10(13)8-15/h5-7,10,13H,2-4,8H2,1H3,(H,17,18). The molecule has 0 heterocycles. The summed E-state index contributed by atoms with van der Waals surface area (Å²) in [6, 6.07) is 6.17. The first kappa shape index (κ1) is 14.1. The first-order valence-electron chi connectivity index (χ1n) is 6.25. The number of carbonyl (C=O) groups is 1. The Bertz CT molecular complexity index is 447. The monoisotopic (exact) mass is 373 g/mol. The van der Waals surface area contributed by atoms with Crippen molar-refractivity contribution in [1.29, 1.82) is 0 Å². The summed E-state index contributed by atoms with van der Waals surface area (Å²) in [4.78, 5) is 12.3. The normalized spacial score (nSPS) is 23.1. The van der Waals surface area contributed by atoms with Gasteiger partial charge in [0, 0.05) is 15.8 Å². The lowest BCUT2D eigenvalue weighted by molar-refractivity contribution is 0.0929. The van der Waals surface area contributed by atoms with E-state index in [1.54, 1.807) is 0 Å². The Morgan fingerprint density at radius 2 is 2.22 bits per heavy atom. The molecule has 4 heteroatoms. The molecule has 2 unspecified atom stereocenters. The van der Waals surface area contributed by atoms with Gasteiger partial charge in [0.05, 0.1) is 5.56 Å². The molecule has 0 aliphatic heterocycles. The van der Waals surface area contributed by atoms with Crippen LogP contribution >= 0.6 is 31.9 Å². The number of amides is 1. The number of aryl methyl sites for hydroxylation is 1. The molecule has 1 saturated carbocycles. The van der Waals surface area contributed by atoms with E-state index in [9.17, 15) is 4.79 Å². The van der Waals surface area contributed by atoms with Gasteiger partial charge < -0.3 is 5.32 Å². The van der Waals surface area contributed by atoms with Crippen molar-refractivity contribution in [1.82, 2.24) is 5.32 Å². The molecule has 0 radical (unpaired) electrons. The summed E-state index contributed by atoms with van der Waals surface area (Å²) < 4.78 is 0.860. The molecule has 1 aliphatic rings. The number of rotatable bonds is 3. The predicted molar refractivity (Wildman–Crippen MR) is 81.3 cm³/mol. The molecule has 2 nitrogen and oxygen atoms in total. The van der Waals surface area contributed by atoms with Crippen molar-refractivity contribution in [3.8, 4) is 0 Å². The lowest BCUT2D eigenvalue weighted by atomic mass is 10.1. The molecule has 1 aliphatic carbocycles. The van der Waals surface area contributed by atoms with E-state index in [1.165, 1.54) is 12.8 Å². The fraction of sp³-hybridized carbons (Fsp3) is 0.500. The van der Waals surface area contributed by atoms with Crippen LogP contribution in [0.15, 0.2) is 22.7 Å². The van der Waals surface area contributed by atoms with Crippen molar-refractivity contribution in [3.05, 3.63) is 33.8 Å². The van der Waals surface area contributed by atoms with E-state index < -0.39 is 0 Å². The van der Waals surface area contributed by atoms with E-state index in [1.807, 2.05) is 25.1 Å². The van der Waals surface area contributed by atoms with Crippen LogP contribution in [-0.2, 0) is 0 Å². The summed E-state index contributed by atoms with van der Waals surface area (Å²) in [7, 11) is 0. The smallest absolute Gasteiger partial charge is 0.252 e. The summed E-state index contributed by atoms with van der Waals surface area (Å²) in [5.74, 6) is 0.598. The molecule has 18 heavy (non-hydrogen) atoms. The van der Waals surface area contributed by atoms with Gasteiger partial charge in [-0.15, -0.1) is 0 Å². The number of halogens is 2. The number of alkyl halides is 1. The van der Waals surface area contributed by atoms with Gasteiger partial charge in [-0.2, -0.15) is 0 Å². The minimum atomic E-state index is 0.0309. The van der Waals surface area contributed by atoms with Gasteiger partial charge in [-0.05, 0) is 53.7 Å². The summed E-state index contributed by atoms with van der Waals surface area (Å²) in [6.45, 7) is 2.00. The minimum Gasteiger partial charge on any atom is -0.349 e. The third-order valence-corrected chi connectivity index (χ3v) is 5.06. The largest absolute Gasteiger partial charge is 0.349 e. The lowest BCUT2D eigenvalue weighted by Crippen LogP contribution is -2.38. The van der Waals surface area contributed by atoms with Crippen molar-refractivity contribution >= 4 is 37.8 Å². The number of hydrogen-bond donors (Lipinski definition) is 1. The van der Waals surface area contributed by atoms with E-state index >= 15 is 0 Å². The SMILES string of the molecule is Cc1ccc(Br)c(C(=O)NC2CCCC2CBr)c1. The van der Waals surface area contributed by atoms with Gasteiger partial charge in [-0.3, -0.25) is 4.79 Å². The average molecular weight is 375 g/mol. The quantitative estimate of drug-likeness (QED) is 0.794. The highest BCUT2D eigenvalue weighted by Gasteiger charge is 2.28. The second kappa shape index (κ2) is 6.20. The van der Waals surface area contributed by atoms with Crippen LogP contribution in [0, 0.1) is 12.8 Å². The van der Waals surface area contributed by atoms with Gasteiger partial charge in [0.2, 0.25) is 0 Å². The summed E-state index contributed by atoms with van der Waals surface area (Å²) >= 11 is 6.97.